The van der Waals surface area contributed by atoms with Gasteiger partial charge in [-0.25, -0.2) is 0 Å². The lowest BCUT2D eigenvalue weighted by molar-refractivity contribution is -0.105. The maximum Gasteiger partial charge on any atom is 0.150 e. The second-order valence-corrected chi connectivity index (χ2v) is 3.48. The van der Waals surface area contributed by atoms with Gasteiger partial charge in [-0.3, -0.25) is 4.79 Å². The van der Waals surface area contributed by atoms with Gasteiger partial charge in [-0.15, -0.1) is 0 Å². The standard InChI is InChI=1S/C11H21NO2/c1-3-4-5-6-7-12-10(2)11(8-13)9-14/h8-10,12-13H,3-7H2,1-2H3/b11-8+. The number of carbonyl (C=O) groups is 1. The van der Waals surface area contributed by atoms with Crippen molar-refractivity contribution in [2.75, 3.05) is 6.54 Å². The Bertz CT molecular complexity index is 178. The summed E-state index contributed by atoms with van der Waals surface area (Å²) < 4.78 is 0. The minimum atomic E-state index is -0.0564. The summed E-state index contributed by atoms with van der Waals surface area (Å²) in [7, 11) is 0. The number of unbranched alkanes of at least 4 members (excludes halogenated alkanes) is 3. The first kappa shape index (κ1) is 13.2. The molecule has 3 nitrogen and oxygen atoms in total. The quantitative estimate of drug-likeness (QED) is 0.273. The lowest BCUT2D eigenvalue weighted by Gasteiger charge is -2.12. The number of nitrogens with one attached hydrogen (secondary N) is 1. The summed E-state index contributed by atoms with van der Waals surface area (Å²) in [6.07, 6.45) is 6.38. The van der Waals surface area contributed by atoms with E-state index in [0.29, 0.717) is 11.9 Å². The zero-order valence-corrected chi connectivity index (χ0v) is 9.12. The van der Waals surface area contributed by atoms with Crippen molar-refractivity contribution >= 4 is 6.29 Å². The van der Waals surface area contributed by atoms with Crippen LogP contribution in [0.15, 0.2) is 11.8 Å². The SMILES string of the molecule is CCCCCCNC(C)/C(C=O)=C/O. The fourth-order valence-corrected chi connectivity index (χ4v) is 1.23. The van der Waals surface area contributed by atoms with Gasteiger partial charge in [-0.1, -0.05) is 26.2 Å². The minimum Gasteiger partial charge on any atom is -0.515 e. The van der Waals surface area contributed by atoms with Crippen LogP contribution in [0.1, 0.15) is 39.5 Å². The molecule has 0 amide bonds. The van der Waals surface area contributed by atoms with Gasteiger partial charge in [0.25, 0.3) is 0 Å². The summed E-state index contributed by atoms with van der Waals surface area (Å²) in [6.45, 7) is 4.94. The third-order valence-electron chi connectivity index (χ3n) is 2.27. The van der Waals surface area contributed by atoms with Gasteiger partial charge in [0, 0.05) is 11.6 Å². The molecule has 3 heteroatoms. The van der Waals surface area contributed by atoms with E-state index < -0.39 is 0 Å². The fraction of sp³-hybridized carbons (Fsp3) is 0.727. The molecule has 0 aliphatic rings. The fourth-order valence-electron chi connectivity index (χ4n) is 1.23. The van der Waals surface area contributed by atoms with Crippen LogP contribution >= 0.6 is 0 Å². The Morgan fingerprint density at radius 3 is 2.64 bits per heavy atom. The summed E-state index contributed by atoms with van der Waals surface area (Å²) in [6, 6.07) is -0.0564. The summed E-state index contributed by atoms with van der Waals surface area (Å²) >= 11 is 0. The molecule has 1 unspecified atom stereocenters. The summed E-state index contributed by atoms with van der Waals surface area (Å²) in [5.41, 5.74) is 0.403. The predicted molar refractivity (Wildman–Crippen MR) is 58.4 cm³/mol. The molecule has 0 fully saturated rings. The highest BCUT2D eigenvalue weighted by Crippen LogP contribution is 2.00. The molecule has 0 bridgehead atoms. The van der Waals surface area contributed by atoms with E-state index in [2.05, 4.69) is 12.2 Å². The van der Waals surface area contributed by atoms with Crippen LogP contribution < -0.4 is 5.32 Å². The topological polar surface area (TPSA) is 49.3 Å². The van der Waals surface area contributed by atoms with Crippen LogP contribution in [0, 0.1) is 0 Å². The van der Waals surface area contributed by atoms with E-state index in [-0.39, 0.29) is 6.04 Å². The molecule has 0 aliphatic carbocycles. The van der Waals surface area contributed by atoms with E-state index in [1.165, 1.54) is 19.3 Å². The third-order valence-corrected chi connectivity index (χ3v) is 2.27. The molecule has 0 rings (SSSR count). The smallest absolute Gasteiger partial charge is 0.150 e. The molecule has 0 saturated carbocycles. The molecule has 2 N–H and O–H groups in total. The largest absolute Gasteiger partial charge is 0.515 e. The number of aldehydes is 1. The van der Waals surface area contributed by atoms with Crippen LogP contribution in [0.3, 0.4) is 0 Å². The van der Waals surface area contributed by atoms with Gasteiger partial charge in [0.1, 0.15) is 0 Å². The van der Waals surface area contributed by atoms with Crippen LogP contribution in [-0.4, -0.2) is 24.0 Å². The van der Waals surface area contributed by atoms with Crippen molar-refractivity contribution in [3.05, 3.63) is 11.8 Å². The monoisotopic (exact) mass is 199 g/mol. The maximum atomic E-state index is 10.4. The maximum absolute atomic E-state index is 10.4. The van der Waals surface area contributed by atoms with Crippen molar-refractivity contribution < 1.29 is 9.90 Å². The highest BCUT2D eigenvalue weighted by Gasteiger charge is 2.05. The van der Waals surface area contributed by atoms with Crippen molar-refractivity contribution in [2.45, 2.75) is 45.6 Å². The van der Waals surface area contributed by atoms with Crippen molar-refractivity contribution in [2.24, 2.45) is 0 Å². The van der Waals surface area contributed by atoms with E-state index in [0.717, 1.165) is 19.2 Å². The Labute approximate surface area is 86.2 Å². The van der Waals surface area contributed by atoms with E-state index >= 15 is 0 Å². The predicted octanol–water partition coefficient (Wildman–Crippen LogP) is 2.19. The Balaban J connectivity index is 3.53. The number of aliphatic hydroxyl groups is 1. The minimum absolute atomic E-state index is 0.0564. The average molecular weight is 199 g/mol. The molecule has 14 heavy (non-hydrogen) atoms. The Kier molecular flexibility index (Phi) is 8.24. The molecular weight excluding hydrogens is 178 g/mol. The van der Waals surface area contributed by atoms with E-state index in [4.69, 9.17) is 5.11 Å². The molecule has 0 aromatic heterocycles. The number of aliphatic hydroxyl groups excluding tert-OH is 1. The van der Waals surface area contributed by atoms with Crippen LogP contribution in [0.2, 0.25) is 0 Å². The highest BCUT2D eigenvalue weighted by molar-refractivity contribution is 5.74. The second kappa shape index (κ2) is 8.75. The Hall–Kier alpha value is -0.830. The molecule has 0 aromatic carbocycles. The Morgan fingerprint density at radius 1 is 1.43 bits per heavy atom. The van der Waals surface area contributed by atoms with E-state index in [1.54, 1.807) is 0 Å². The summed E-state index contributed by atoms with van der Waals surface area (Å²) in [5.74, 6) is 0. The molecule has 1 atom stereocenters. The average Bonchev–Trinajstić information content (AvgIpc) is 2.19. The van der Waals surface area contributed by atoms with Crippen LogP contribution in [0.4, 0.5) is 0 Å². The summed E-state index contributed by atoms with van der Waals surface area (Å²) in [5, 5.41) is 11.9. The molecular formula is C11H21NO2. The first-order valence-corrected chi connectivity index (χ1v) is 5.29. The summed E-state index contributed by atoms with van der Waals surface area (Å²) in [4.78, 5) is 10.4. The van der Waals surface area contributed by atoms with E-state index in [1.807, 2.05) is 6.92 Å². The van der Waals surface area contributed by atoms with Crippen molar-refractivity contribution in [1.82, 2.24) is 5.32 Å². The molecule has 0 aliphatic heterocycles. The van der Waals surface area contributed by atoms with Gasteiger partial charge >= 0.3 is 0 Å². The molecule has 0 radical (unpaired) electrons. The van der Waals surface area contributed by atoms with Crippen molar-refractivity contribution in [1.29, 1.82) is 0 Å². The lowest BCUT2D eigenvalue weighted by atomic mass is 10.1. The number of hydrogen-bond acceptors (Lipinski definition) is 3. The molecule has 0 heterocycles. The van der Waals surface area contributed by atoms with Gasteiger partial charge in [0.15, 0.2) is 6.29 Å². The molecule has 0 spiro atoms. The van der Waals surface area contributed by atoms with E-state index in [9.17, 15) is 4.79 Å². The molecule has 0 saturated heterocycles. The normalized spacial score (nSPS) is 14.0. The lowest BCUT2D eigenvalue weighted by Crippen LogP contribution is -2.29. The third kappa shape index (κ3) is 5.75. The zero-order valence-electron chi connectivity index (χ0n) is 9.12. The molecule has 82 valence electrons. The first-order valence-electron chi connectivity index (χ1n) is 5.29. The Morgan fingerprint density at radius 2 is 2.14 bits per heavy atom. The van der Waals surface area contributed by atoms with Crippen molar-refractivity contribution in [3.8, 4) is 0 Å². The van der Waals surface area contributed by atoms with Crippen LogP contribution in [0.5, 0.6) is 0 Å². The number of carbonyl (C=O) groups excluding carboxylic acids is 1. The zero-order chi connectivity index (χ0) is 10.8. The number of rotatable bonds is 8. The van der Waals surface area contributed by atoms with Gasteiger partial charge in [-0.05, 0) is 19.9 Å². The van der Waals surface area contributed by atoms with Crippen LogP contribution in [0.25, 0.3) is 0 Å². The van der Waals surface area contributed by atoms with Crippen molar-refractivity contribution in [3.63, 3.8) is 0 Å². The highest BCUT2D eigenvalue weighted by atomic mass is 16.2. The molecule has 0 aromatic rings. The first-order chi connectivity index (χ1) is 6.76. The van der Waals surface area contributed by atoms with Crippen LogP contribution in [-0.2, 0) is 4.79 Å². The second-order valence-electron chi connectivity index (χ2n) is 3.48. The van der Waals surface area contributed by atoms with Gasteiger partial charge in [0.2, 0.25) is 0 Å². The van der Waals surface area contributed by atoms with Gasteiger partial charge in [0.05, 0.1) is 6.26 Å². The van der Waals surface area contributed by atoms with Gasteiger partial charge < -0.3 is 10.4 Å². The number of hydrogen-bond donors (Lipinski definition) is 2. The van der Waals surface area contributed by atoms with Gasteiger partial charge in [-0.2, -0.15) is 0 Å².